The molecule has 1 unspecified atom stereocenters. The Morgan fingerprint density at radius 3 is 2.88 bits per heavy atom. The van der Waals surface area contributed by atoms with Crippen LogP contribution in [0.25, 0.3) is 0 Å². The molecule has 0 aliphatic rings. The fourth-order valence-electron chi connectivity index (χ4n) is 1.97. The van der Waals surface area contributed by atoms with E-state index in [4.69, 9.17) is 5.73 Å². The minimum atomic E-state index is 0.0108. The number of nitrogens with zero attached hydrogens (tertiary/aromatic N) is 2. The summed E-state index contributed by atoms with van der Waals surface area (Å²) in [6.45, 7) is 2.09. The van der Waals surface area contributed by atoms with Crippen molar-refractivity contribution in [3.8, 4) is 0 Å². The molecule has 0 aliphatic heterocycles. The highest BCUT2D eigenvalue weighted by atomic mass is 79.9. The van der Waals surface area contributed by atoms with Gasteiger partial charge in [0, 0.05) is 23.8 Å². The minimum absolute atomic E-state index is 0.0108. The molecule has 1 atom stereocenters. The molecule has 2 rings (SSSR count). The van der Waals surface area contributed by atoms with Crippen molar-refractivity contribution in [2.45, 2.75) is 19.4 Å². The molecule has 0 amide bonds. The van der Waals surface area contributed by atoms with Gasteiger partial charge >= 0.3 is 0 Å². The van der Waals surface area contributed by atoms with Crippen molar-refractivity contribution < 1.29 is 0 Å². The van der Waals surface area contributed by atoms with E-state index in [-0.39, 0.29) is 6.04 Å². The number of nitrogens with two attached hydrogens (primary N) is 1. The molecule has 3 nitrogen and oxygen atoms in total. The molecule has 1 heterocycles. The maximum atomic E-state index is 6.25. The molecule has 0 radical (unpaired) electrons. The maximum absolute atomic E-state index is 6.25. The molecular formula is C13H16BrN3. The van der Waals surface area contributed by atoms with E-state index in [1.54, 1.807) is 4.68 Å². The molecule has 4 heteroatoms. The Hall–Kier alpha value is -1.13. The van der Waals surface area contributed by atoms with Crippen molar-refractivity contribution in [3.05, 3.63) is 51.8 Å². The summed E-state index contributed by atoms with van der Waals surface area (Å²) in [5, 5.41) is 4.16. The van der Waals surface area contributed by atoms with Gasteiger partial charge in [-0.1, -0.05) is 28.1 Å². The molecule has 0 fully saturated rings. The van der Waals surface area contributed by atoms with Gasteiger partial charge < -0.3 is 5.73 Å². The Bertz CT molecular complexity index is 519. The quantitative estimate of drug-likeness (QED) is 0.946. The van der Waals surface area contributed by atoms with Crippen molar-refractivity contribution in [3.63, 3.8) is 0 Å². The summed E-state index contributed by atoms with van der Waals surface area (Å²) in [6, 6.07) is 6.16. The second-order valence-electron chi connectivity index (χ2n) is 4.29. The molecule has 17 heavy (non-hydrogen) atoms. The molecule has 0 aliphatic carbocycles. The smallest absolute Gasteiger partial charge is 0.0522 e. The van der Waals surface area contributed by atoms with Gasteiger partial charge in [0.25, 0.3) is 0 Å². The molecule has 1 aromatic heterocycles. The van der Waals surface area contributed by atoms with Gasteiger partial charge in [-0.15, -0.1) is 0 Å². The van der Waals surface area contributed by atoms with Crippen LogP contribution in [0.15, 0.2) is 35.1 Å². The van der Waals surface area contributed by atoms with E-state index >= 15 is 0 Å². The number of rotatable bonds is 3. The largest absolute Gasteiger partial charge is 0.324 e. The van der Waals surface area contributed by atoms with Gasteiger partial charge in [0.05, 0.1) is 6.20 Å². The molecule has 2 N–H and O–H groups in total. The highest BCUT2D eigenvalue weighted by Crippen LogP contribution is 2.25. The van der Waals surface area contributed by atoms with E-state index in [2.05, 4.69) is 34.0 Å². The number of halogens is 1. The first-order valence-electron chi connectivity index (χ1n) is 5.56. The topological polar surface area (TPSA) is 43.8 Å². The lowest BCUT2D eigenvalue weighted by molar-refractivity contribution is 0.713. The predicted octanol–water partition coefficient (Wildman–Crippen LogP) is 2.73. The first-order chi connectivity index (χ1) is 8.08. The number of benzene rings is 1. The fraction of sp³-hybridized carbons (Fsp3) is 0.308. The van der Waals surface area contributed by atoms with Gasteiger partial charge in [0.2, 0.25) is 0 Å². The highest BCUT2D eigenvalue weighted by molar-refractivity contribution is 9.10. The van der Waals surface area contributed by atoms with Crippen LogP contribution in [-0.2, 0) is 13.5 Å². The number of aromatic nitrogens is 2. The Labute approximate surface area is 110 Å². The van der Waals surface area contributed by atoms with Gasteiger partial charge in [0.15, 0.2) is 0 Å². The molecule has 0 spiro atoms. The van der Waals surface area contributed by atoms with Crippen LogP contribution in [0.3, 0.4) is 0 Å². The van der Waals surface area contributed by atoms with Crippen LogP contribution < -0.4 is 5.73 Å². The summed E-state index contributed by atoms with van der Waals surface area (Å²) in [6.07, 6.45) is 4.69. The third kappa shape index (κ3) is 2.76. The van der Waals surface area contributed by atoms with Crippen LogP contribution in [0.2, 0.25) is 0 Å². The zero-order chi connectivity index (χ0) is 12.4. The van der Waals surface area contributed by atoms with E-state index < -0.39 is 0 Å². The van der Waals surface area contributed by atoms with Crippen LogP contribution in [0.4, 0.5) is 0 Å². The zero-order valence-electron chi connectivity index (χ0n) is 10.0. The predicted molar refractivity (Wildman–Crippen MR) is 72.7 cm³/mol. The third-order valence-corrected chi connectivity index (χ3v) is 3.78. The number of hydrogen-bond donors (Lipinski definition) is 1. The third-order valence-electron chi connectivity index (χ3n) is 2.92. The first kappa shape index (κ1) is 12.3. The Balaban J connectivity index is 2.20. The monoisotopic (exact) mass is 293 g/mol. The van der Waals surface area contributed by atoms with Crippen molar-refractivity contribution in [2.75, 3.05) is 0 Å². The first-order valence-corrected chi connectivity index (χ1v) is 6.35. The summed E-state index contributed by atoms with van der Waals surface area (Å²) in [7, 11) is 1.92. The van der Waals surface area contributed by atoms with E-state index in [0.717, 1.165) is 10.9 Å². The summed E-state index contributed by atoms with van der Waals surface area (Å²) in [5.41, 5.74) is 9.81. The number of aryl methyl sites for hydroxylation is 1. The average molecular weight is 294 g/mol. The Morgan fingerprint density at radius 1 is 1.47 bits per heavy atom. The van der Waals surface area contributed by atoms with Gasteiger partial charge in [-0.05, 0) is 36.1 Å². The van der Waals surface area contributed by atoms with E-state index in [1.807, 2.05) is 31.6 Å². The summed E-state index contributed by atoms with van der Waals surface area (Å²) in [5.74, 6) is 0. The van der Waals surface area contributed by atoms with Crippen LogP contribution >= 0.6 is 15.9 Å². The summed E-state index contributed by atoms with van der Waals surface area (Å²) < 4.78 is 2.91. The molecule has 90 valence electrons. The standard InChI is InChI=1S/C13H16BrN3/c1-9-11(4-3-5-12(9)14)13(15)6-10-7-16-17(2)8-10/h3-5,7-8,13H,6,15H2,1-2H3. The lowest BCUT2D eigenvalue weighted by Gasteiger charge is -2.14. The van der Waals surface area contributed by atoms with Crippen LogP contribution in [0.1, 0.15) is 22.7 Å². The van der Waals surface area contributed by atoms with Gasteiger partial charge in [-0.3, -0.25) is 4.68 Å². The summed E-state index contributed by atoms with van der Waals surface area (Å²) >= 11 is 3.53. The van der Waals surface area contributed by atoms with E-state index in [9.17, 15) is 0 Å². The number of hydrogen-bond acceptors (Lipinski definition) is 2. The van der Waals surface area contributed by atoms with Crippen LogP contribution in [0.5, 0.6) is 0 Å². The second kappa shape index (κ2) is 5.02. The highest BCUT2D eigenvalue weighted by Gasteiger charge is 2.12. The minimum Gasteiger partial charge on any atom is -0.324 e. The Kier molecular flexibility index (Phi) is 3.64. The van der Waals surface area contributed by atoms with Crippen molar-refractivity contribution in [1.29, 1.82) is 0 Å². The van der Waals surface area contributed by atoms with Crippen molar-refractivity contribution >= 4 is 15.9 Å². The lowest BCUT2D eigenvalue weighted by Crippen LogP contribution is -2.14. The average Bonchev–Trinajstić information content (AvgIpc) is 2.68. The van der Waals surface area contributed by atoms with E-state index in [1.165, 1.54) is 16.7 Å². The van der Waals surface area contributed by atoms with E-state index in [0.29, 0.717) is 0 Å². The SMILES string of the molecule is Cc1c(Br)cccc1C(N)Cc1cnn(C)c1. The molecule has 0 bridgehead atoms. The van der Waals surface area contributed by atoms with Crippen LogP contribution in [-0.4, -0.2) is 9.78 Å². The second-order valence-corrected chi connectivity index (χ2v) is 5.14. The van der Waals surface area contributed by atoms with Crippen molar-refractivity contribution in [1.82, 2.24) is 9.78 Å². The molecule has 0 saturated heterocycles. The molecule has 2 aromatic rings. The molecular weight excluding hydrogens is 278 g/mol. The zero-order valence-corrected chi connectivity index (χ0v) is 11.6. The maximum Gasteiger partial charge on any atom is 0.0522 e. The van der Waals surface area contributed by atoms with Crippen LogP contribution in [0, 0.1) is 6.92 Å². The van der Waals surface area contributed by atoms with Crippen molar-refractivity contribution in [2.24, 2.45) is 12.8 Å². The van der Waals surface area contributed by atoms with Gasteiger partial charge in [-0.2, -0.15) is 5.10 Å². The van der Waals surface area contributed by atoms with Gasteiger partial charge in [-0.25, -0.2) is 0 Å². The normalized spacial score (nSPS) is 12.7. The molecule has 0 saturated carbocycles. The summed E-state index contributed by atoms with van der Waals surface area (Å²) in [4.78, 5) is 0. The lowest BCUT2D eigenvalue weighted by atomic mass is 9.97. The molecule has 1 aromatic carbocycles. The fourth-order valence-corrected chi connectivity index (χ4v) is 2.35. The Morgan fingerprint density at radius 2 is 2.24 bits per heavy atom. The van der Waals surface area contributed by atoms with Gasteiger partial charge in [0.1, 0.15) is 0 Å².